The number of anilines is 2. The number of carbonyl (C=O) groups is 1. The molecule has 0 aliphatic rings. The third-order valence-electron chi connectivity index (χ3n) is 3.09. The van der Waals surface area contributed by atoms with Crippen molar-refractivity contribution in [1.29, 1.82) is 0 Å². The van der Waals surface area contributed by atoms with E-state index in [0.29, 0.717) is 5.13 Å². The van der Waals surface area contributed by atoms with E-state index >= 15 is 0 Å². The first-order chi connectivity index (χ1) is 10.6. The molecule has 6 heteroatoms. The molecule has 0 saturated heterocycles. The summed E-state index contributed by atoms with van der Waals surface area (Å²) in [6.07, 6.45) is 0. The van der Waals surface area contributed by atoms with Crippen LogP contribution in [0.15, 0.2) is 46.9 Å². The summed E-state index contributed by atoms with van der Waals surface area (Å²) in [7, 11) is 0. The number of thiazole rings is 1. The van der Waals surface area contributed by atoms with Crippen molar-refractivity contribution in [3.05, 3.63) is 52.5 Å². The van der Waals surface area contributed by atoms with Gasteiger partial charge in [0.2, 0.25) is 5.91 Å². The number of carbonyl (C=O) groups excluding carboxylic acids is 1. The molecule has 4 nitrogen and oxygen atoms in total. The Kier molecular flexibility index (Phi) is 4.40. The lowest BCUT2D eigenvalue weighted by Gasteiger charge is -2.05. The zero-order valence-electron chi connectivity index (χ0n) is 11.9. The molecule has 3 rings (SSSR count). The number of hydrogen-bond donors (Lipinski definition) is 2. The van der Waals surface area contributed by atoms with Gasteiger partial charge in [-0.05, 0) is 48.9 Å². The summed E-state index contributed by atoms with van der Waals surface area (Å²) in [6.45, 7) is 2.25. The highest BCUT2D eigenvalue weighted by molar-refractivity contribution is 9.10. The monoisotopic (exact) mass is 375 g/mol. The first-order valence-corrected chi connectivity index (χ1v) is 8.37. The normalized spacial score (nSPS) is 10.6. The van der Waals surface area contributed by atoms with Gasteiger partial charge in [0.1, 0.15) is 0 Å². The average Bonchev–Trinajstić information content (AvgIpc) is 2.88. The molecule has 2 N–H and O–H groups in total. The van der Waals surface area contributed by atoms with Crippen LogP contribution in [0.2, 0.25) is 0 Å². The van der Waals surface area contributed by atoms with Crippen LogP contribution in [0.25, 0.3) is 10.2 Å². The van der Waals surface area contributed by atoms with Crippen molar-refractivity contribution in [1.82, 2.24) is 4.98 Å². The third kappa shape index (κ3) is 3.64. The quantitative estimate of drug-likeness (QED) is 0.709. The molecule has 0 aliphatic heterocycles. The number of aromatic nitrogens is 1. The summed E-state index contributed by atoms with van der Waals surface area (Å²) in [6, 6.07) is 13.7. The molecular weight excluding hydrogens is 362 g/mol. The van der Waals surface area contributed by atoms with Gasteiger partial charge < -0.3 is 10.6 Å². The summed E-state index contributed by atoms with van der Waals surface area (Å²) in [5.74, 6) is -0.112. The summed E-state index contributed by atoms with van der Waals surface area (Å²) in [4.78, 5) is 16.4. The van der Waals surface area contributed by atoms with Crippen molar-refractivity contribution in [2.45, 2.75) is 6.92 Å². The van der Waals surface area contributed by atoms with Crippen LogP contribution in [0.1, 0.15) is 5.56 Å². The van der Waals surface area contributed by atoms with E-state index < -0.39 is 0 Å². The minimum Gasteiger partial charge on any atom is -0.376 e. The maximum atomic E-state index is 12.0. The molecule has 1 amide bonds. The van der Waals surface area contributed by atoms with Crippen molar-refractivity contribution in [3.8, 4) is 0 Å². The van der Waals surface area contributed by atoms with E-state index in [0.717, 1.165) is 20.4 Å². The number of halogens is 1. The predicted molar refractivity (Wildman–Crippen MR) is 95.6 cm³/mol. The van der Waals surface area contributed by atoms with Gasteiger partial charge in [0.25, 0.3) is 0 Å². The summed E-state index contributed by atoms with van der Waals surface area (Å²) >= 11 is 4.86. The summed E-state index contributed by atoms with van der Waals surface area (Å²) in [5, 5.41) is 6.54. The molecule has 3 aromatic rings. The number of aryl methyl sites for hydroxylation is 1. The minimum absolute atomic E-state index is 0.112. The highest BCUT2D eigenvalue weighted by Crippen LogP contribution is 2.26. The number of rotatable bonds is 4. The highest BCUT2D eigenvalue weighted by atomic mass is 79.9. The Hall–Kier alpha value is -1.92. The van der Waals surface area contributed by atoms with Gasteiger partial charge in [-0.1, -0.05) is 33.3 Å². The molecule has 0 radical (unpaired) electrons. The lowest BCUT2D eigenvalue weighted by atomic mass is 10.2. The molecule has 0 atom stereocenters. The average molecular weight is 376 g/mol. The van der Waals surface area contributed by atoms with Crippen molar-refractivity contribution in [3.63, 3.8) is 0 Å². The van der Waals surface area contributed by atoms with Crippen LogP contribution in [-0.4, -0.2) is 17.4 Å². The fourth-order valence-electron chi connectivity index (χ4n) is 2.00. The fourth-order valence-corrected chi connectivity index (χ4v) is 3.24. The van der Waals surface area contributed by atoms with Gasteiger partial charge in [0.05, 0.1) is 16.8 Å². The Balaban J connectivity index is 1.61. The maximum Gasteiger partial charge on any atom is 0.245 e. The molecule has 0 spiro atoms. The zero-order chi connectivity index (χ0) is 15.5. The zero-order valence-corrected chi connectivity index (χ0v) is 14.3. The molecule has 22 heavy (non-hydrogen) atoms. The van der Waals surface area contributed by atoms with Gasteiger partial charge in [0.15, 0.2) is 5.13 Å². The first kappa shape index (κ1) is 15.0. The molecule has 112 valence electrons. The van der Waals surface area contributed by atoms with Crippen LogP contribution in [0, 0.1) is 6.92 Å². The number of benzene rings is 2. The van der Waals surface area contributed by atoms with Crippen molar-refractivity contribution < 1.29 is 4.79 Å². The number of nitrogens with zero attached hydrogens (tertiary/aromatic N) is 1. The Bertz CT molecular complexity index is 814. The van der Waals surface area contributed by atoms with Crippen LogP contribution in [0.3, 0.4) is 0 Å². The van der Waals surface area contributed by atoms with Crippen LogP contribution >= 0.6 is 27.3 Å². The molecular formula is C16H14BrN3OS. The molecule has 2 aromatic carbocycles. The SMILES string of the molecule is Cc1ccc2nc(NC(=O)CNc3ccc(Br)cc3)sc2c1. The Morgan fingerprint density at radius 1 is 1.23 bits per heavy atom. The van der Waals surface area contributed by atoms with Crippen LogP contribution < -0.4 is 10.6 Å². The minimum atomic E-state index is -0.112. The van der Waals surface area contributed by atoms with Crippen molar-refractivity contribution in [2.24, 2.45) is 0 Å². The van der Waals surface area contributed by atoms with E-state index in [1.165, 1.54) is 16.9 Å². The summed E-state index contributed by atoms with van der Waals surface area (Å²) in [5.41, 5.74) is 3.00. The van der Waals surface area contributed by atoms with Crippen molar-refractivity contribution in [2.75, 3.05) is 17.2 Å². The standard InChI is InChI=1S/C16H14BrN3OS/c1-10-2-7-13-14(8-10)22-16(19-13)20-15(21)9-18-12-5-3-11(17)4-6-12/h2-8,18H,9H2,1H3,(H,19,20,21). The smallest absolute Gasteiger partial charge is 0.245 e. The second-order valence-electron chi connectivity index (χ2n) is 4.90. The van der Waals surface area contributed by atoms with E-state index in [-0.39, 0.29) is 12.5 Å². The molecule has 0 aliphatic carbocycles. The van der Waals surface area contributed by atoms with Crippen LogP contribution in [0.4, 0.5) is 10.8 Å². The van der Waals surface area contributed by atoms with Gasteiger partial charge >= 0.3 is 0 Å². The number of amides is 1. The number of hydrogen-bond acceptors (Lipinski definition) is 4. The predicted octanol–water partition coefficient (Wildman–Crippen LogP) is 4.42. The fraction of sp³-hybridized carbons (Fsp3) is 0.125. The molecule has 0 unspecified atom stereocenters. The second-order valence-corrected chi connectivity index (χ2v) is 6.85. The lowest BCUT2D eigenvalue weighted by Crippen LogP contribution is -2.21. The molecule has 0 bridgehead atoms. The molecule has 0 saturated carbocycles. The van der Waals surface area contributed by atoms with Gasteiger partial charge in [-0.2, -0.15) is 0 Å². The Morgan fingerprint density at radius 2 is 2.00 bits per heavy atom. The first-order valence-electron chi connectivity index (χ1n) is 6.77. The van der Waals surface area contributed by atoms with E-state index in [2.05, 4.69) is 37.6 Å². The number of fused-ring (bicyclic) bond motifs is 1. The molecule has 1 aromatic heterocycles. The highest BCUT2D eigenvalue weighted by Gasteiger charge is 2.07. The van der Waals surface area contributed by atoms with Crippen LogP contribution in [0.5, 0.6) is 0 Å². The van der Waals surface area contributed by atoms with E-state index in [4.69, 9.17) is 0 Å². The summed E-state index contributed by atoms with van der Waals surface area (Å²) < 4.78 is 2.09. The lowest BCUT2D eigenvalue weighted by molar-refractivity contribution is -0.114. The van der Waals surface area contributed by atoms with Gasteiger partial charge in [-0.15, -0.1) is 0 Å². The third-order valence-corrected chi connectivity index (χ3v) is 4.55. The van der Waals surface area contributed by atoms with Crippen LogP contribution in [-0.2, 0) is 4.79 Å². The van der Waals surface area contributed by atoms with E-state index in [9.17, 15) is 4.79 Å². The molecule has 1 heterocycles. The van der Waals surface area contributed by atoms with Gasteiger partial charge in [-0.25, -0.2) is 4.98 Å². The maximum absolute atomic E-state index is 12.0. The van der Waals surface area contributed by atoms with Crippen molar-refractivity contribution >= 4 is 54.2 Å². The van der Waals surface area contributed by atoms with Gasteiger partial charge in [0, 0.05) is 10.2 Å². The molecule has 0 fully saturated rings. The largest absolute Gasteiger partial charge is 0.376 e. The second kappa shape index (κ2) is 6.46. The Morgan fingerprint density at radius 3 is 2.77 bits per heavy atom. The number of nitrogens with one attached hydrogen (secondary N) is 2. The van der Waals surface area contributed by atoms with E-state index in [1.54, 1.807) is 0 Å². The van der Waals surface area contributed by atoms with E-state index in [1.807, 2.05) is 43.3 Å². The Labute approximate surface area is 140 Å². The van der Waals surface area contributed by atoms with Gasteiger partial charge in [-0.3, -0.25) is 4.79 Å². The topological polar surface area (TPSA) is 54.0 Å².